The number of rotatable bonds is 4. The van der Waals surface area contributed by atoms with Gasteiger partial charge in [0.05, 0.1) is 23.1 Å². The van der Waals surface area contributed by atoms with Crippen molar-refractivity contribution in [3.05, 3.63) is 60.3 Å². The van der Waals surface area contributed by atoms with Gasteiger partial charge in [0.15, 0.2) is 0 Å². The van der Waals surface area contributed by atoms with E-state index in [1.807, 2.05) is 36.4 Å². The Kier molecular flexibility index (Phi) is 3.60. The fraction of sp³-hybridized carbons (Fsp3) is 0.118. The van der Waals surface area contributed by atoms with E-state index in [-0.39, 0.29) is 5.75 Å². The Labute approximate surface area is 123 Å². The first-order valence-electron chi connectivity index (χ1n) is 6.89. The number of hydrogen-bond acceptors (Lipinski definition) is 4. The normalized spacial score (nSPS) is 10.7. The van der Waals surface area contributed by atoms with Crippen molar-refractivity contribution in [2.24, 2.45) is 0 Å². The standard InChI is InChI=1S/C17H17N3O/c18-15-11-20-16-4-2-1-3-14(16)17(15)19-10-9-12-5-7-13(21)8-6-12/h1-8,11,21H,9-10,18H2,(H,19,20). The first-order valence-corrected chi connectivity index (χ1v) is 6.89. The van der Waals surface area contributed by atoms with Gasteiger partial charge in [0.1, 0.15) is 5.75 Å². The van der Waals surface area contributed by atoms with Crippen molar-refractivity contribution in [1.82, 2.24) is 4.98 Å². The maximum Gasteiger partial charge on any atom is 0.115 e. The van der Waals surface area contributed by atoms with Gasteiger partial charge in [0.2, 0.25) is 0 Å². The lowest BCUT2D eigenvalue weighted by Gasteiger charge is -2.12. The predicted octanol–water partition coefficient (Wildman–Crippen LogP) is 3.18. The Hall–Kier alpha value is -2.75. The van der Waals surface area contributed by atoms with Crippen molar-refractivity contribution in [1.29, 1.82) is 0 Å². The van der Waals surface area contributed by atoms with Crippen LogP contribution in [-0.2, 0) is 6.42 Å². The smallest absolute Gasteiger partial charge is 0.115 e. The van der Waals surface area contributed by atoms with E-state index in [2.05, 4.69) is 10.3 Å². The van der Waals surface area contributed by atoms with Crippen LogP contribution in [-0.4, -0.2) is 16.6 Å². The monoisotopic (exact) mass is 279 g/mol. The fourth-order valence-corrected chi connectivity index (χ4v) is 2.35. The molecule has 0 aliphatic carbocycles. The number of nitrogens with two attached hydrogens (primary N) is 1. The molecule has 106 valence electrons. The molecule has 0 saturated heterocycles. The zero-order valence-corrected chi connectivity index (χ0v) is 11.6. The average molecular weight is 279 g/mol. The van der Waals surface area contributed by atoms with Crippen molar-refractivity contribution in [3.63, 3.8) is 0 Å². The Balaban J connectivity index is 1.76. The number of aromatic nitrogens is 1. The van der Waals surface area contributed by atoms with Gasteiger partial charge in [-0.1, -0.05) is 30.3 Å². The lowest BCUT2D eigenvalue weighted by molar-refractivity contribution is 0.475. The second kappa shape index (κ2) is 5.71. The van der Waals surface area contributed by atoms with Gasteiger partial charge in [-0.3, -0.25) is 4.98 Å². The number of hydrogen-bond donors (Lipinski definition) is 3. The number of benzene rings is 2. The van der Waals surface area contributed by atoms with E-state index < -0.39 is 0 Å². The molecule has 4 N–H and O–H groups in total. The first-order chi connectivity index (χ1) is 10.2. The fourth-order valence-electron chi connectivity index (χ4n) is 2.35. The number of fused-ring (bicyclic) bond motifs is 1. The lowest BCUT2D eigenvalue weighted by Crippen LogP contribution is -2.07. The molecule has 0 amide bonds. The molecule has 4 nitrogen and oxygen atoms in total. The van der Waals surface area contributed by atoms with Crippen molar-refractivity contribution in [2.45, 2.75) is 6.42 Å². The molecule has 0 aliphatic rings. The van der Waals surface area contributed by atoms with E-state index in [1.165, 1.54) is 0 Å². The van der Waals surface area contributed by atoms with E-state index in [0.717, 1.165) is 35.1 Å². The van der Waals surface area contributed by atoms with E-state index in [9.17, 15) is 5.11 Å². The van der Waals surface area contributed by atoms with Crippen LogP contribution in [0.3, 0.4) is 0 Å². The number of phenols is 1. The molecule has 0 radical (unpaired) electrons. The number of aromatic hydroxyl groups is 1. The quantitative estimate of drug-likeness (QED) is 0.686. The van der Waals surface area contributed by atoms with Crippen molar-refractivity contribution in [2.75, 3.05) is 17.6 Å². The van der Waals surface area contributed by atoms with Crippen molar-refractivity contribution >= 4 is 22.3 Å². The third kappa shape index (κ3) is 2.89. The highest BCUT2D eigenvalue weighted by Crippen LogP contribution is 2.27. The topological polar surface area (TPSA) is 71.2 Å². The summed E-state index contributed by atoms with van der Waals surface area (Å²) in [5, 5.41) is 13.7. The van der Waals surface area contributed by atoms with Gasteiger partial charge in [0.25, 0.3) is 0 Å². The van der Waals surface area contributed by atoms with Crippen LogP contribution in [0.25, 0.3) is 10.9 Å². The molecule has 3 rings (SSSR count). The molecule has 0 unspecified atom stereocenters. The highest BCUT2D eigenvalue weighted by molar-refractivity contribution is 5.96. The summed E-state index contributed by atoms with van der Waals surface area (Å²) in [4.78, 5) is 4.32. The summed E-state index contributed by atoms with van der Waals surface area (Å²) in [6, 6.07) is 15.2. The van der Waals surface area contributed by atoms with Crippen molar-refractivity contribution < 1.29 is 5.11 Å². The zero-order valence-electron chi connectivity index (χ0n) is 11.6. The zero-order chi connectivity index (χ0) is 14.7. The molecule has 2 aromatic carbocycles. The van der Waals surface area contributed by atoms with Crippen LogP contribution in [0.15, 0.2) is 54.7 Å². The highest BCUT2D eigenvalue weighted by Gasteiger charge is 2.05. The second-order valence-electron chi connectivity index (χ2n) is 4.95. The molecule has 0 bridgehead atoms. The molecule has 3 aromatic rings. The van der Waals surface area contributed by atoms with Crippen LogP contribution >= 0.6 is 0 Å². The number of nitrogens with zero attached hydrogens (tertiary/aromatic N) is 1. The molecule has 21 heavy (non-hydrogen) atoms. The lowest BCUT2D eigenvalue weighted by atomic mass is 10.1. The molecular formula is C17H17N3O. The molecule has 0 fully saturated rings. The molecule has 0 saturated carbocycles. The predicted molar refractivity (Wildman–Crippen MR) is 86.5 cm³/mol. The van der Waals surface area contributed by atoms with Crippen LogP contribution in [0.2, 0.25) is 0 Å². The summed E-state index contributed by atoms with van der Waals surface area (Å²) in [6.45, 7) is 0.767. The minimum atomic E-state index is 0.288. The first kappa shape index (κ1) is 13.2. The number of phenolic OH excluding ortho intramolecular Hbond substituents is 1. The average Bonchev–Trinajstić information content (AvgIpc) is 2.51. The number of pyridine rings is 1. The minimum absolute atomic E-state index is 0.288. The van der Waals surface area contributed by atoms with E-state index in [0.29, 0.717) is 5.69 Å². The summed E-state index contributed by atoms with van der Waals surface area (Å²) in [5.74, 6) is 0.288. The Morgan fingerprint density at radius 1 is 1.05 bits per heavy atom. The number of para-hydroxylation sites is 1. The van der Waals surface area contributed by atoms with Crippen LogP contribution in [0.1, 0.15) is 5.56 Å². The molecule has 1 heterocycles. The highest BCUT2D eigenvalue weighted by atomic mass is 16.3. The molecule has 0 spiro atoms. The third-order valence-electron chi connectivity index (χ3n) is 3.46. The molecular weight excluding hydrogens is 262 g/mol. The molecule has 4 heteroatoms. The minimum Gasteiger partial charge on any atom is -0.508 e. The van der Waals surface area contributed by atoms with Gasteiger partial charge in [-0.2, -0.15) is 0 Å². The van der Waals surface area contributed by atoms with Gasteiger partial charge in [0, 0.05) is 11.9 Å². The number of anilines is 2. The summed E-state index contributed by atoms with van der Waals surface area (Å²) < 4.78 is 0. The van der Waals surface area contributed by atoms with E-state index in [4.69, 9.17) is 5.73 Å². The summed E-state index contributed by atoms with van der Waals surface area (Å²) in [5.41, 5.74) is 9.70. The third-order valence-corrected chi connectivity index (χ3v) is 3.46. The maximum absolute atomic E-state index is 9.28. The second-order valence-corrected chi connectivity index (χ2v) is 4.95. The Bertz CT molecular complexity index is 754. The number of nitrogens with one attached hydrogen (secondary N) is 1. The maximum atomic E-state index is 9.28. The van der Waals surface area contributed by atoms with Gasteiger partial charge < -0.3 is 16.2 Å². The molecule has 1 aromatic heterocycles. The Morgan fingerprint density at radius 3 is 2.62 bits per heavy atom. The van der Waals surface area contributed by atoms with E-state index >= 15 is 0 Å². The largest absolute Gasteiger partial charge is 0.508 e. The van der Waals surface area contributed by atoms with Gasteiger partial charge in [-0.15, -0.1) is 0 Å². The summed E-state index contributed by atoms with van der Waals surface area (Å²) in [7, 11) is 0. The molecule has 0 aliphatic heterocycles. The van der Waals surface area contributed by atoms with Crippen molar-refractivity contribution in [3.8, 4) is 5.75 Å². The van der Waals surface area contributed by atoms with E-state index in [1.54, 1.807) is 18.3 Å². The van der Waals surface area contributed by atoms with Gasteiger partial charge >= 0.3 is 0 Å². The van der Waals surface area contributed by atoms with Crippen LogP contribution in [0, 0.1) is 0 Å². The summed E-state index contributed by atoms with van der Waals surface area (Å²) in [6.07, 6.45) is 2.54. The Morgan fingerprint density at radius 2 is 1.81 bits per heavy atom. The van der Waals surface area contributed by atoms with Crippen LogP contribution in [0.4, 0.5) is 11.4 Å². The van der Waals surface area contributed by atoms with Gasteiger partial charge in [-0.05, 0) is 30.2 Å². The van der Waals surface area contributed by atoms with Gasteiger partial charge in [-0.25, -0.2) is 0 Å². The molecule has 0 atom stereocenters. The van der Waals surface area contributed by atoms with Crippen LogP contribution < -0.4 is 11.1 Å². The SMILES string of the molecule is Nc1cnc2ccccc2c1NCCc1ccc(O)cc1. The summed E-state index contributed by atoms with van der Waals surface area (Å²) >= 11 is 0. The van der Waals surface area contributed by atoms with Crippen LogP contribution in [0.5, 0.6) is 5.75 Å². The number of nitrogen functional groups attached to an aromatic ring is 1.